The largest absolute Gasteiger partial charge is 0.459 e. The number of carbonyl (C=O) groups is 1. The van der Waals surface area contributed by atoms with E-state index in [9.17, 15) is 45.5 Å². The predicted octanol–water partition coefficient (Wildman–Crippen LogP) is 4.02. The van der Waals surface area contributed by atoms with Gasteiger partial charge in [-0.05, 0) is 62.2 Å². The molecule has 1 amide bonds. The highest BCUT2D eigenvalue weighted by molar-refractivity contribution is 7.99. The van der Waals surface area contributed by atoms with Crippen LogP contribution >= 0.6 is 11.8 Å². The molecule has 0 bridgehead atoms. The molecule has 2 aliphatic rings. The van der Waals surface area contributed by atoms with Crippen LogP contribution in [0.2, 0.25) is 0 Å². The zero-order chi connectivity index (χ0) is 30.4. The Balaban J connectivity index is 1.40. The number of rotatable bonds is 5. The number of amides is 1. The van der Waals surface area contributed by atoms with Crippen LogP contribution in [0.4, 0.5) is 26.3 Å². The summed E-state index contributed by atoms with van der Waals surface area (Å²) < 4.78 is 83.8. The first-order valence-corrected chi connectivity index (χ1v) is 14.3. The van der Waals surface area contributed by atoms with Crippen molar-refractivity contribution < 1.29 is 31.1 Å². The van der Waals surface area contributed by atoms with E-state index in [-0.39, 0.29) is 42.8 Å². The van der Waals surface area contributed by atoms with Crippen LogP contribution in [-0.2, 0) is 5.92 Å². The number of aromatic nitrogens is 4. The van der Waals surface area contributed by atoms with E-state index in [0.29, 0.717) is 25.0 Å². The minimum Gasteiger partial charge on any atom is -0.349 e. The molecule has 3 aromatic rings. The van der Waals surface area contributed by atoms with Gasteiger partial charge in [0.25, 0.3) is 11.5 Å². The van der Waals surface area contributed by atoms with Gasteiger partial charge in [-0.2, -0.15) is 33.7 Å². The maximum atomic E-state index is 14.1. The van der Waals surface area contributed by atoms with Gasteiger partial charge in [-0.15, -0.1) is 0 Å². The van der Waals surface area contributed by atoms with Crippen molar-refractivity contribution in [1.29, 1.82) is 0 Å². The normalized spacial score (nSPS) is 20.5. The number of halogens is 6. The van der Waals surface area contributed by atoms with E-state index in [2.05, 4.69) is 10.3 Å². The lowest BCUT2D eigenvalue weighted by Gasteiger charge is -2.32. The van der Waals surface area contributed by atoms with Crippen LogP contribution in [0, 0.1) is 5.82 Å². The number of H-pyrrole nitrogens is 1. The molecule has 16 heteroatoms. The summed E-state index contributed by atoms with van der Waals surface area (Å²) in [7, 11) is 0. The van der Waals surface area contributed by atoms with E-state index >= 15 is 0 Å². The van der Waals surface area contributed by atoms with E-state index < -0.39 is 64.0 Å². The Kier molecular flexibility index (Phi) is 8.02. The van der Waals surface area contributed by atoms with Gasteiger partial charge in [0.15, 0.2) is 0 Å². The number of hydrogen-bond acceptors (Lipinski definition) is 6. The summed E-state index contributed by atoms with van der Waals surface area (Å²) in [5.41, 5.74) is -5.31. The fourth-order valence-electron chi connectivity index (χ4n) is 5.59. The van der Waals surface area contributed by atoms with Gasteiger partial charge in [0.05, 0.1) is 17.1 Å². The van der Waals surface area contributed by atoms with Gasteiger partial charge in [-0.3, -0.25) is 23.5 Å². The smallest absolute Gasteiger partial charge is 0.349 e. The molecule has 1 aliphatic carbocycles. The van der Waals surface area contributed by atoms with Crippen molar-refractivity contribution in [2.24, 2.45) is 0 Å². The molecule has 1 saturated heterocycles. The Morgan fingerprint density at radius 2 is 1.60 bits per heavy atom. The first-order valence-electron chi connectivity index (χ1n) is 13.2. The fraction of sp³-hybridized carbons (Fsp3) is 0.500. The predicted molar refractivity (Wildman–Crippen MR) is 142 cm³/mol. The molecule has 0 spiro atoms. The van der Waals surface area contributed by atoms with Crippen molar-refractivity contribution in [3.8, 4) is 0 Å². The second kappa shape index (κ2) is 11.3. The topological polar surface area (TPSA) is 119 Å². The van der Waals surface area contributed by atoms with Crippen LogP contribution in [0.1, 0.15) is 66.7 Å². The summed E-state index contributed by atoms with van der Waals surface area (Å²) in [5, 5.41) is 2.38. The molecule has 0 atom stereocenters. The van der Waals surface area contributed by atoms with Crippen LogP contribution in [0.3, 0.4) is 0 Å². The molecule has 2 fully saturated rings. The van der Waals surface area contributed by atoms with E-state index in [1.807, 2.05) is 0 Å². The van der Waals surface area contributed by atoms with E-state index in [1.54, 1.807) is 11.8 Å². The highest BCUT2D eigenvalue weighted by Crippen LogP contribution is 2.44. The Labute approximate surface area is 237 Å². The number of fused-ring (bicyclic) bond motifs is 1. The molecule has 4 heterocycles. The van der Waals surface area contributed by atoms with Crippen molar-refractivity contribution in [2.45, 2.75) is 68.7 Å². The van der Waals surface area contributed by atoms with Crippen molar-refractivity contribution in [2.75, 3.05) is 11.5 Å². The number of pyridine rings is 2. The van der Waals surface area contributed by atoms with Crippen LogP contribution < -0.4 is 22.1 Å². The van der Waals surface area contributed by atoms with Crippen LogP contribution in [0.15, 0.2) is 38.8 Å². The number of alkyl halides is 5. The van der Waals surface area contributed by atoms with Gasteiger partial charge >= 0.3 is 17.8 Å². The van der Waals surface area contributed by atoms with Crippen molar-refractivity contribution in [3.63, 3.8) is 0 Å². The summed E-state index contributed by atoms with van der Waals surface area (Å²) in [4.78, 5) is 56.9. The lowest BCUT2D eigenvalue weighted by atomic mass is 9.90. The number of carbonyl (C=O) groups excluding carboxylic acids is 1. The molecule has 5 rings (SSSR count). The van der Waals surface area contributed by atoms with Crippen LogP contribution in [0.25, 0.3) is 11.0 Å². The lowest BCUT2D eigenvalue weighted by molar-refractivity contribution is -0.291. The lowest BCUT2D eigenvalue weighted by Crippen LogP contribution is -2.47. The van der Waals surface area contributed by atoms with Crippen molar-refractivity contribution in [3.05, 3.63) is 72.7 Å². The maximum Gasteiger partial charge on any atom is 0.459 e. The van der Waals surface area contributed by atoms with Crippen LogP contribution in [-0.4, -0.2) is 48.7 Å². The molecule has 1 aliphatic heterocycles. The molecule has 0 aromatic carbocycles. The van der Waals surface area contributed by atoms with Gasteiger partial charge in [0.2, 0.25) is 5.56 Å². The summed E-state index contributed by atoms with van der Waals surface area (Å²) >= 11 is 1.74. The number of aromatic amines is 1. The number of thioether (sulfide) groups is 1. The Morgan fingerprint density at radius 3 is 2.24 bits per heavy atom. The molecule has 9 nitrogen and oxygen atoms in total. The number of nitrogens with one attached hydrogen (secondary N) is 2. The summed E-state index contributed by atoms with van der Waals surface area (Å²) in [6, 6.07) is 0.765. The molecule has 42 heavy (non-hydrogen) atoms. The molecule has 226 valence electrons. The highest BCUT2D eigenvalue weighted by Gasteiger charge is 2.61. The molecule has 2 N–H and O–H groups in total. The molecule has 1 saturated carbocycles. The molecule has 0 unspecified atom stereocenters. The van der Waals surface area contributed by atoms with Gasteiger partial charge in [-0.1, -0.05) is 0 Å². The molecule has 0 radical (unpaired) electrons. The Morgan fingerprint density at radius 1 is 0.952 bits per heavy atom. The molecule has 3 aromatic heterocycles. The van der Waals surface area contributed by atoms with Crippen LogP contribution in [0.5, 0.6) is 0 Å². The van der Waals surface area contributed by atoms with E-state index in [1.165, 1.54) is 9.55 Å². The van der Waals surface area contributed by atoms with Gasteiger partial charge in [0, 0.05) is 24.2 Å². The fourth-order valence-corrected chi connectivity index (χ4v) is 6.68. The van der Waals surface area contributed by atoms with Gasteiger partial charge in [0.1, 0.15) is 17.2 Å². The number of hydrogen-bond donors (Lipinski definition) is 2. The van der Waals surface area contributed by atoms with E-state index in [0.717, 1.165) is 28.3 Å². The minimum absolute atomic E-state index is 0.0422. The maximum absolute atomic E-state index is 14.1. The molecular weight excluding hydrogens is 592 g/mol. The highest BCUT2D eigenvalue weighted by atomic mass is 32.2. The first kappa shape index (κ1) is 29.9. The standard InChI is InChI=1S/C26H25F6N5O4S/c27-13-11-18-21(33-12-13)36(16-7-9-42-10-8-16)24(41)37(23(18)40)15-3-1-14(2-4-15)34-22(39)17-5-6-19(38)35-20(17)25(28,29)26(30,31)32/h5-6,11-12,14-16H,1-4,7-10H2,(H,34,39)(H,35,38). The Hall–Kier alpha value is -3.56. The Bertz CT molecular complexity index is 1690. The summed E-state index contributed by atoms with van der Waals surface area (Å²) in [6.07, 6.45) is -3.08. The quantitative estimate of drug-likeness (QED) is 0.418. The zero-order valence-electron chi connectivity index (χ0n) is 21.8. The van der Waals surface area contributed by atoms with E-state index in [4.69, 9.17) is 0 Å². The average molecular weight is 618 g/mol. The average Bonchev–Trinajstić information content (AvgIpc) is 2.94. The summed E-state index contributed by atoms with van der Waals surface area (Å²) in [5.74, 6) is -5.86. The third-order valence-electron chi connectivity index (χ3n) is 7.71. The van der Waals surface area contributed by atoms with Gasteiger partial charge < -0.3 is 10.3 Å². The van der Waals surface area contributed by atoms with Crippen molar-refractivity contribution in [1.82, 2.24) is 24.4 Å². The zero-order valence-corrected chi connectivity index (χ0v) is 22.7. The first-order chi connectivity index (χ1) is 19.8. The molecular formula is C26H25F6N5O4S. The second-order valence-electron chi connectivity index (χ2n) is 10.4. The van der Waals surface area contributed by atoms with Crippen molar-refractivity contribution >= 4 is 28.7 Å². The monoisotopic (exact) mass is 617 g/mol. The third kappa shape index (κ3) is 5.47. The summed E-state index contributed by atoms with van der Waals surface area (Å²) in [6.45, 7) is 0. The SMILES string of the molecule is O=C(NC1CCC(n2c(=O)c3cc(F)cnc3n(C3CCSCC3)c2=O)CC1)c1ccc(=O)[nH]c1C(F)(F)C(F)(F)F. The minimum atomic E-state index is -6.06. The second-order valence-corrected chi connectivity index (χ2v) is 11.6. The van der Waals surface area contributed by atoms with Gasteiger partial charge in [-0.25, -0.2) is 14.2 Å². The third-order valence-corrected chi connectivity index (χ3v) is 8.76. The number of nitrogens with zero attached hydrogens (tertiary/aromatic N) is 3.